The van der Waals surface area contributed by atoms with E-state index in [2.05, 4.69) is 183 Å². The van der Waals surface area contributed by atoms with Crippen molar-refractivity contribution in [3.05, 3.63) is 176 Å². The van der Waals surface area contributed by atoms with E-state index >= 15 is 0 Å². The van der Waals surface area contributed by atoms with Crippen LogP contribution in [0, 0.1) is 0 Å². The number of fused-ring (bicyclic) bond motifs is 6. The SMILES string of the molecule is C[Si]1(C)c2ccc(-c3nc(-c4ccc(-c5ccccc5)cc4)nc(-c4ccc(-c5ccc6ccccc6c5)cc4)n3)cc2-c2ccc3ccccc3c21. The Labute approximate surface area is 310 Å². The third kappa shape index (κ3) is 5.38. The summed E-state index contributed by atoms with van der Waals surface area (Å²) in [4.78, 5) is 15.4. The molecule has 0 saturated carbocycles. The molecular formula is C49H35N3Si. The van der Waals surface area contributed by atoms with E-state index in [1.54, 1.807) is 0 Å². The predicted molar refractivity (Wildman–Crippen MR) is 224 cm³/mol. The summed E-state index contributed by atoms with van der Waals surface area (Å²) in [6, 6.07) is 62.9. The molecule has 1 aliphatic heterocycles. The summed E-state index contributed by atoms with van der Waals surface area (Å²) >= 11 is 0. The number of benzene rings is 8. The minimum absolute atomic E-state index is 0.656. The molecule has 2 heterocycles. The molecule has 3 nitrogen and oxygen atoms in total. The number of aromatic nitrogens is 3. The zero-order valence-corrected chi connectivity index (χ0v) is 30.6. The molecule has 10 rings (SSSR count). The summed E-state index contributed by atoms with van der Waals surface area (Å²) in [6.07, 6.45) is 0. The number of hydrogen-bond acceptors (Lipinski definition) is 3. The second kappa shape index (κ2) is 12.3. The van der Waals surface area contributed by atoms with E-state index in [0.717, 1.165) is 27.8 Å². The van der Waals surface area contributed by atoms with Crippen LogP contribution in [0.15, 0.2) is 176 Å². The van der Waals surface area contributed by atoms with Crippen LogP contribution in [0.3, 0.4) is 0 Å². The van der Waals surface area contributed by atoms with Crippen molar-refractivity contribution in [2.45, 2.75) is 13.1 Å². The van der Waals surface area contributed by atoms with Gasteiger partial charge in [-0.05, 0) is 77.4 Å². The smallest absolute Gasteiger partial charge is 0.164 e. The van der Waals surface area contributed by atoms with E-state index in [1.807, 2.05) is 6.07 Å². The second-order valence-electron chi connectivity index (χ2n) is 14.5. The average molecular weight is 694 g/mol. The Morgan fingerprint density at radius 2 is 0.830 bits per heavy atom. The van der Waals surface area contributed by atoms with Crippen LogP contribution in [-0.2, 0) is 0 Å². The minimum atomic E-state index is -1.93. The Bertz CT molecular complexity index is 2840. The van der Waals surface area contributed by atoms with Crippen LogP contribution in [0.5, 0.6) is 0 Å². The zero-order chi connectivity index (χ0) is 35.5. The van der Waals surface area contributed by atoms with E-state index in [-0.39, 0.29) is 0 Å². The monoisotopic (exact) mass is 693 g/mol. The lowest BCUT2D eigenvalue weighted by atomic mass is 9.99. The van der Waals surface area contributed by atoms with Gasteiger partial charge in [-0.25, -0.2) is 15.0 Å². The molecule has 0 bridgehead atoms. The molecule has 250 valence electrons. The largest absolute Gasteiger partial charge is 0.208 e. The molecule has 0 amide bonds. The van der Waals surface area contributed by atoms with Crippen molar-refractivity contribution in [1.29, 1.82) is 0 Å². The molecule has 0 fully saturated rings. The lowest BCUT2D eigenvalue weighted by Gasteiger charge is -2.20. The zero-order valence-electron chi connectivity index (χ0n) is 29.6. The fourth-order valence-corrected chi connectivity index (χ4v) is 11.6. The summed E-state index contributed by atoms with van der Waals surface area (Å²) in [5, 5.41) is 8.12. The maximum absolute atomic E-state index is 5.16. The molecule has 0 atom stereocenters. The van der Waals surface area contributed by atoms with Crippen molar-refractivity contribution in [2.24, 2.45) is 0 Å². The summed E-state index contributed by atoms with van der Waals surface area (Å²) in [5.74, 6) is 1.99. The third-order valence-electron chi connectivity index (χ3n) is 10.9. The van der Waals surface area contributed by atoms with Crippen LogP contribution in [0.1, 0.15) is 0 Å². The molecule has 1 aromatic heterocycles. The molecule has 9 aromatic rings. The van der Waals surface area contributed by atoms with Gasteiger partial charge in [-0.2, -0.15) is 0 Å². The van der Waals surface area contributed by atoms with Crippen molar-refractivity contribution < 1.29 is 0 Å². The fraction of sp³-hybridized carbons (Fsp3) is 0.0408. The van der Waals surface area contributed by atoms with E-state index < -0.39 is 8.07 Å². The first-order valence-corrected chi connectivity index (χ1v) is 21.2. The number of nitrogens with zero attached hydrogens (tertiary/aromatic N) is 3. The summed E-state index contributed by atoms with van der Waals surface area (Å²) < 4.78 is 0. The first-order valence-electron chi connectivity index (χ1n) is 18.2. The molecular weight excluding hydrogens is 659 g/mol. The molecule has 53 heavy (non-hydrogen) atoms. The maximum atomic E-state index is 5.16. The summed E-state index contributed by atoms with van der Waals surface area (Å²) in [5.41, 5.74) is 10.2. The molecule has 0 spiro atoms. The van der Waals surface area contributed by atoms with E-state index in [1.165, 1.54) is 54.2 Å². The number of hydrogen-bond donors (Lipinski definition) is 0. The average Bonchev–Trinajstić information content (AvgIpc) is 3.46. The molecule has 8 aromatic carbocycles. The highest BCUT2D eigenvalue weighted by Crippen LogP contribution is 2.35. The van der Waals surface area contributed by atoms with Gasteiger partial charge in [-0.3, -0.25) is 0 Å². The van der Waals surface area contributed by atoms with Crippen molar-refractivity contribution in [3.8, 4) is 67.5 Å². The van der Waals surface area contributed by atoms with E-state index in [9.17, 15) is 0 Å². The Balaban J connectivity index is 1.09. The highest BCUT2D eigenvalue weighted by atomic mass is 28.3. The van der Waals surface area contributed by atoms with Gasteiger partial charge in [0.1, 0.15) is 8.07 Å². The van der Waals surface area contributed by atoms with Crippen LogP contribution in [0.2, 0.25) is 13.1 Å². The van der Waals surface area contributed by atoms with E-state index in [4.69, 9.17) is 15.0 Å². The lowest BCUT2D eigenvalue weighted by Crippen LogP contribution is -2.49. The number of rotatable bonds is 5. The Kier molecular flexibility index (Phi) is 7.27. The quantitative estimate of drug-likeness (QED) is 0.168. The van der Waals surface area contributed by atoms with Crippen LogP contribution in [0.25, 0.3) is 89.1 Å². The van der Waals surface area contributed by atoms with Crippen molar-refractivity contribution in [2.75, 3.05) is 0 Å². The summed E-state index contributed by atoms with van der Waals surface area (Å²) in [7, 11) is -1.93. The highest BCUT2D eigenvalue weighted by Gasteiger charge is 2.39. The van der Waals surface area contributed by atoms with Crippen LogP contribution >= 0.6 is 0 Å². The van der Waals surface area contributed by atoms with Crippen molar-refractivity contribution >= 4 is 40.0 Å². The molecule has 0 unspecified atom stereocenters. The van der Waals surface area contributed by atoms with Gasteiger partial charge >= 0.3 is 0 Å². The van der Waals surface area contributed by atoms with Crippen molar-refractivity contribution in [3.63, 3.8) is 0 Å². The fourth-order valence-electron chi connectivity index (χ4n) is 8.14. The molecule has 1 aliphatic rings. The molecule has 4 heteroatoms. The predicted octanol–water partition coefficient (Wildman–Crippen LogP) is 11.3. The van der Waals surface area contributed by atoms with Crippen LogP contribution in [-0.4, -0.2) is 23.0 Å². The molecule has 0 aliphatic carbocycles. The first kappa shape index (κ1) is 31.3. The lowest BCUT2D eigenvalue weighted by molar-refractivity contribution is 1.07. The molecule has 0 saturated heterocycles. The van der Waals surface area contributed by atoms with Crippen molar-refractivity contribution in [1.82, 2.24) is 15.0 Å². The van der Waals surface area contributed by atoms with Crippen LogP contribution < -0.4 is 10.4 Å². The van der Waals surface area contributed by atoms with Gasteiger partial charge in [0.15, 0.2) is 17.5 Å². The Hall–Kier alpha value is -6.49. The minimum Gasteiger partial charge on any atom is -0.208 e. The maximum Gasteiger partial charge on any atom is 0.164 e. The second-order valence-corrected chi connectivity index (χ2v) is 18.8. The Morgan fingerprint density at radius 1 is 0.340 bits per heavy atom. The third-order valence-corrected chi connectivity index (χ3v) is 14.5. The Morgan fingerprint density at radius 3 is 1.53 bits per heavy atom. The standard InChI is InChI=1S/C49H35N3Si/c1-53(2)45-29-27-41(31-44(45)43-28-26-36-13-8-9-15-42(36)46(43)53)49-51-47(37-21-16-34(17-22-37)32-10-4-3-5-11-32)50-48(52-49)38-23-18-35(19-24-38)40-25-20-33-12-6-7-14-39(33)30-40/h3-31H,1-2H3. The summed E-state index contributed by atoms with van der Waals surface area (Å²) in [6.45, 7) is 4.95. The highest BCUT2D eigenvalue weighted by molar-refractivity contribution is 7.05. The van der Waals surface area contributed by atoms with Gasteiger partial charge in [0.25, 0.3) is 0 Å². The van der Waals surface area contributed by atoms with Gasteiger partial charge in [-0.15, -0.1) is 0 Å². The van der Waals surface area contributed by atoms with Gasteiger partial charge < -0.3 is 0 Å². The van der Waals surface area contributed by atoms with E-state index in [0.29, 0.717) is 17.5 Å². The van der Waals surface area contributed by atoms with Crippen LogP contribution in [0.4, 0.5) is 0 Å². The first-order chi connectivity index (χ1) is 26.0. The normalized spacial score (nSPS) is 12.9. The molecule has 0 radical (unpaired) electrons. The van der Waals surface area contributed by atoms with Gasteiger partial charge in [-0.1, -0.05) is 177 Å². The topological polar surface area (TPSA) is 38.7 Å². The van der Waals surface area contributed by atoms with Gasteiger partial charge in [0.05, 0.1) is 0 Å². The van der Waals surface area contributed by atoms with Gasteiger partial charge in [0.2, 0.25) is 0 Å². The molecule has 0 N–H and O–H groups in total. The van der Waals surface area contributed by atoms with Gasteiger partial charge in [0, 0.05) is 16.7 Å².